The third-order valence-corrected chi connectivity index (χ3v) is 6.92. The molecular formula is C20H25IN2O3S2. The lowest BCUT2D eigenvalue weighted by molar-refractivity contribution is -0.119. The van der Waals surface area contributed by atoms with Gasteiger partial charge in [0.1, 0.15) is 6.54 Å². The van der Waals surface area contributed by atoms with E-state index in [0.717, 1.165) is 32.1 Å². The predicted octanol–water partition coefficient (Wildman–Crippen LogP) is 3.81. The lowest BCUT2D eigenvalue weighted by Gasteiger charge is -2.22. The molecule has 5 nitrogen and oxygen atoms in total. The van der Waals surface area contributed by atoms with Gasteiger partial charge in [-0.15, -0.1) is 0 Å². The largest absolute Gasteiger partial charge is 0.354 e. The first-order valence-electron chi connectivity index (χ1n) is 8.89. The molecule has 2 aromatic carbocycles. The van der Waals surface area contributed by atoms with Crippen LogP contribution in [0.25, 0.3) is 0 Å². The third-order valence-electron chi connectivity index (χ3n) is 3.94. The standard InChI is InChI=1S/C20H25IN2O3S2/c1-16-5-3-6-17(13-16)15-27-12-4-11-22-20(24)14-23(28(2,25)26)19-9-7-18(21)8-10-19/h3,5-10,13H,4,11-12,14-15H2,1-2H3,(H,22,24). The second-order valence-corrected chi connectivity index (χ2v) is 10.7. The highest BCUT2D eigenvalue weighted by Gasteiger charge is 2.20. The van der Waals surface area contributed by atoms with Gasteiger partial charge in [-0.1, -0.05) is 29.8 Å². The second kappa shape index (κ2) is 11.1. The lowest BCUT2D eigenvalue weighted by Crippen LogP contribution is -2.40. The Morgan fingerprint density at radius 3 is 2.54 bits per heavy atom. The fraction of sp³-hybridized carbons (Fsp3) is 0.350. The maximum absolute atomic E-state index is 12.2. The summed E-state index contributed by atoms with van der Waals surface area (Å²) in [7, 11) is -3.53. The minimum Gasteiger partial charge on any atom is -0.354 e. The van der Waals surface area contributed by atoms with Gasteiger partial charge in [0.05, 0.1) is 11.9 Å². The molecule has 0 aliphatic rings. The minimum atomic E-state index is -3.53. The van der Waals surface area contributed by atoms with E-state index in [1.54, 1.807) is 12.1 Å². The molecule has 2 rings (SSSR count). The number of anilines is 1. The van der Waals surface area contributed by atoms with Crippen molar-refractivity contribution in [2.24, 2.45) is 0 Å². The molecule has 0 aliphatic carbocycles. The predicted molar refractivity (Wildman–Crippen MR) is 126 cm³/mol. The lowest BCUT2D eigenvalue weighted by atomic mass is 10.2. The van der Waals surface area contributed by atoms with Crippen LogP contribution in [0, 0.1) is 10.5 Å². The van der Waals surface area contributed by atoms with E-state index in [4.69, 9.17) is 0 Å². The Hall–Kier alpha value is -1.26. The first-order valence-corrected chi connectivity index (χ1v) is 13.0. The number of amides is 1. The van der Waals surface area contributed by atoms with E-state index in [-0.39, 0.29) is 12.5 Å². The molecule has 0 aliphatic heterocycles. The molecule has 0 saturated carbocycles. The first-order chi connectivity index (χ1) is 13.3. The van der Waals surface area contributed by atoms with E-state index in [1.807, 2.05) is 23.9 Å². The quantitative estimate of drug-likeness (QED) is 0.374. The molecule has 152 valence electrons. The van der Waals surface area contributed by atoms with Crippen LogP contribution in [-0.2, 0) is 20.6 Å². The van der Waals surface area contributed by atoms with Crippen LogP contribution in [0.4, 0.5) is 5.69 Å². The van der Waals surface area contributed by atoms with Crippen LogP contribution in [0.5, 0.6) is 0 Å². The molecule has 0 bridgehead atoms. The Labute approximate surface area is 185 Å². The van der Waals surface area contributed by atoms with Crippen molar-refractivity contribution in [2.75, 3.05) is 29.4 Å². The third kappa shape index (κ3) is 8.00. The molecule has 0 spiro atoms. The van der Waals surface area contributed by atoms with Crippen LogP contribution in [0.3, 0.4) is 0 Å². The molecule has 0 heterocycles. The fourth-order valence-corrected chi connectivity index (χ4v) is 4.71. The van der Waals surface area contributed by atoms with Crippen molar-refractivity contribution in [3.05, 3.63) is 63.2 Å². The molecule has 0 aromatic heterocycles. The summed E-state index contributed by atoms with van der Waals surface area (Å²) < 4.78 is 26.3. The van der Waals surface area contributed by atoms with Crippen molar-refractivity contribution in [3.8, 4) is 0 Å². The van der Waals surface area contributed by atoms with Crippen LogP contribution in [0.2, 0.25) is 0 Å². The van der Waals surface area contributed by atoms with E-state index in [2.05, 4.69) is 59.1 Å². The van der Waals surface area contributed by atoms with E-state index in [1.165, 1.54) is 11.1 Å². The van der Waals surface area contributed by atoms with Crippen LogP contribution < -0.4 is 9.62 Å². The maximum Gasteiger partial charge on any atom is 0.240 e. The molecule has 0 saturated heterocycles. The number of aryl methyl sites for hydroxylation is 1. The highest BCUT2D eigenvalue weighted by atomic mass is 127. The first kappa shape index (κ1) is 23.0. The molecule has 2 aromatic rings. The maximum atomic E-state index is 12.2. The smallest absolute Gasteiger partial charge is 0.240 e. The molecule has 0 radical (unpaired) electrons. The molecule has 1 amide bonds. The van der Waals surface area contributed by atoms with Crippen LogP contribution in [0.15, 0.2) is 48.5 Å². The number of nitrogens with zero attached hydrogens (tertiary/aromatic N) is 1. The molecule has 8 heteroatoms. The van der Waals surface area contributed by atoms with E-state index < -0.39 is 10.0 Å². The summed E-state index contributed by atoms with van der Waals surface area (Å²) in [6.07, 6.45) is 1.95. The summed E-state index contributed by atoms with van der Waals surface area (Å²) in [4.78, 5) is 12.2. The Balaban J connectivity index is 1.74. The molecule has 0 atom stereocenters. The number of carbonyl (C=O) groups excluding carboxylic acids is 1. The summed E-state index contributed by atoms with van der Waals surface area (Å²) >= 11 is 3.98. The van der Waals surface area contributed by atoms with Crippen molar-refractivity contribution >= 4 is 56.0 Å². The van der Waals surface area contributed by atoms with Gasteiger partial charge in [0, 0.05) is 15.9 Å². The fourth-order valence-electron chi connectivity index (χ4n) is 2.59. The Morgan fingerprint density at radius 2 is 1.89 bits per heavy atom. The van der Waals surface area contributed by atoms with Gasteiger partial charge < -0.3 is 5.32 Å². The molecule has 1 N–H and O–H groups in total. The number of nitrogens with one attached hydrogen (secondary N) is 1. The zero-order chi connectivity index (χ0) is 20.6. The van der Waals surface area contributed by atoms with Crippen molar-refractivity contribution in [1.82, 2.24) is 5.32 Å². The number of hydrogen-bond acceptors (Lipinski definition) is 4. The second-order valence-electron chi connectivity index (χ2n) is 6.49. The monoisotopic (exact) mass is 532 g/mol. The zero-order valence-electron chi connectivity index (χ0n) is 16.0. The number of hydrogen-bond donors (Lipinski definition) is 1. The van der Waals surface area contributed by atoms with Gasteiger partial charge in [-0.25, -0.2) is 8.42 Å². The average molecular weight is 532 g/mol. The van der Waals surface area contributed by atoms with Crippen molar-refractivity contribution in [1.29, 1.82) is 0 Å². The summed E-state index contributed by atoms with van der Waals surface area (Å²) in [6.45, 7) is 2.40. The van der Waals surface area contributed by atoms with Gasteiger partial charge in [-0.2, -0.15) is 11.8 Å². The summed E-state index contributed by atoms with van der Waals surface area (Å²) in [6, 6.07) is 15.5. The van der Waals surface area contributed by atoms with Crippen LogP contribution in [0.1, 0.15) is 17.5 Å². The summed E-state index contributed by atoms with van der Waals surface area (Å²) in [5.41, 5.74) is 3.05. The number of rotatable bonds is 10. The van der Waals surface area contributed by atoms with Gasteiger partial charge in [0.25, 0.3) is 0 Å². The minimum absolute atomic E-state index is 0.212. The van der Waals surface area contributed by atoms with Crippen LogP contribution >= 0.6 is 34.4 Å². The number of halogens is 1. The highest BCUT2D eigenvalue weighted by Crippen LogP contribution is 2.19. The van der Waals surface area contributed by atoms with Gasteiger partial charge in [0.2, 0.25) is 15.9 Å². The van der Waals surface area contributed by atoms with Crippen molar-refractivity contribution in [2.45, 2.75) is 19.1 Å². The van der Waals surface area contributed by atoms with Gasteiger partial charge >= 0.3 is 0 Å². The Kier molecular flexibility index (Phi) is 9.10. The Bertz CT molecular complexity index is 887. The van der Waals surface area contributed by atoms with E-state index in [0.29, 0.717) is 12.2 Å². The number of thioether (sulfide) groups is 1. The highest BCUT2D eigenvalue weighted by molar-refractivity contribution is 14.1. The average Bonchev–Trinajstić information content (AvgIpc) is 2.63. The SMILES string of the molecule is Cc1cccc(CSCCCNC(=O)CN(c2ccc(I)cc2)S(C)(=O)=O)c1. The number of benzene rings is 2. The molecule has 28 heavy (non-hydrogen) atoms. The topological polar surface area (TPSA) is 66.5 Å². The zero-order valence-corrected chi connectivity index (χ0v) is 19.8. The van der Waals surface area contributed by atoms with Gasteiger partial charge in [-0.05, 0) is 71.5 Å². The molecule has 0 fully saturated rings. The normalized spacial score (nSPS) is 11.2. The molecule has 0 unspecified atom stereocenters. The van der Waals surface area contributed by atoms with Crippen molar-refractivity contribution in [3.63, 3.8) is 0 Å². The summed E-state index contributed by atoms with van der Waals surface area (Å²) in [5.74, 6) is 1.58. The van der Waals surface area contributed by atoms with Gasteiger partial charge in [-0.3, -0.25) is 9.10 Å². The Morgan fingerprint density at radius 1 is 1.18 bits per heavy atom. The summed E-state index contributed by atoms with van der Waals surface area (Å²) in [5, 5.41) is 2.81. The number of sulfonamides is 1. The molecular weight excluding hydrogens is 507 g/mol. The van der Waals surface area contributed by atoms with Crippen molar-refractivity contribution < 1.29 is 13.2 Å². The van der Waals surface area contributed by atoms with Crippen LogP contribution in [-0.4, -0.2) is 39.4 Å². The van der Waals surface area contributed by atoms with Gasteiger partial charge in [0.15, 0.2) is 0 Å². The van der Waals surface area contributed by atoms with E-state index in [9.17, 15) is 13.2 Å². The number of carbonyl (C=O) groups is 1. The van der Waals surface area contributed by atoms with E-state index >= 15 is 0 Å².